The van der Waals surface area contributed by atoms with Crippen molar-refractivity contribution >= 4 is 23.0 Å². The normalized spacial score (nSPS) is 15.6. The summed E-state index contributed by atoms with van der Waals surface area (Å²) in [6, 6.07) is 22.8. The number of carbonyl (C=O) groups excluding carboxylic acids is 1. The molecule has 0 aliphatic carbocycles. The molecule has 0 bridgehead atoms. The maximum absolute atomic E-state index is 13.1. The van der Waals surface area contributed by atoms with Crippen molar-refractivity contribution < 1.29 is 9.72 Å². The van der Waals surface area contributed by atoms with Crippen LogP contribution < -0.4 is 10.7 Å². The number of hydrogen-bond acceptors (Lipinski definition) is 5. The standard InChI is InChI=1S/C20H16N4O3/c25-20-17-8-4-5-9-18(17)21-19(14-10-12-16(13-11-14)24(26)27)23(20)22-15-6-2-1-3-7-15/h1-13,19,21-22H. The fourth-order valence-corrected chi connectivity index (χ4v) is 3.03. The highest BCUT2D eigenvalue weighted by molar-refractivity contribution is 6.02. The summed E-state index contributed by atoms with van der Waals surface area (Å²) in [5, 5.41) is 15.8. The fraction of sp³-hybridized carbons (Fsp3) is 0.0500. The molecule has 4 rings (SSSR count). The molecule has 0 saturated heterocycles. The number of nitro benzene ring substituents is 1. The van der Waals surface area contributed by atoms with Crippen molar-refractivity contribution in [1.29, 1.82) is 0 Å². The molecule has 7 heteroatoms. The number of benzene rings is 3. The first-order valence-corrected chi connectivity index (χ1v) is 8.39. The summed E-state index contributed by atoms with van der Waals surface area (Å²) in [6.07, 6.45) is -0.520. The predicted molar refractivity (Wildman–Crippen MR) is 102 cm³/mol. The van der Waals surface area contributed by atoms with Crippen LogP contribution in [0.15, 0.2) is 78.9 Å². The average molecular weight is 360 g/mol. The molecule has 1 aliphatic heterocycles. The highest BCUT2D eigenvalue weighted by Crippen LogP contribution is 2.33. The van der Waals surface area contributed by atoms with E-state index >= 15 is 0 Å². The van der Waals surface area contributed by atoms with E-state index in [1.54, 1.807) is 18.2 Å². The number of non-ortho nitro benzene ring substituents is 1. The third-order valence-corrected chi connectivity index (χ3v) is 4.37. The number of rotatable bonds is 4. The van der Waals surface area contributed by atoms with E-state index in [4.69, 9.17) is 0 Å². The molecule has 0 spiro atoms. The molecule has 1 aliphatic rings. The van der Waals surface area contributed by atoms with Crippen LogP contribution in [0.2, 0.25) is 0 Å². The number of para-hydroxylation sites is 2. The van der Waals surface area contributed by atoms with Gasteiger partial charge in [-0.05, 0) is 42.0 Å². The van der Waals surface area contributed by atoms with Crippen molar-refractivity contribution in [2.75, 3.05) is 10.7 Å². The third kappa shape index (κ3) is 3.18. The number of hydrogen-bond donors (Lipinski definition) is 2. The smallest absolute Gasteiger partial charge is 0.276 e. The van der Waals surface area contributed by atoms with E-state index in [0.29, 0.717) is 5.56 Å². The fourth-order valence-electron chi connectivity index (χ4n) is 3.03. The first-order valence-electron chi connectivity index (χ1n) is 8.39. The Balaban J connectivity index is 1.74. The van der Waals surface area contributed by atoms with Crippen LogP contribution in [0.4, 0.5) is 17.1 Å². The van der Waals surface area contributed by atoms with E-state index < -0.39 is 11.1 Å². The molecule has 0 radical (unpaired) electrons. The molecule has 3 aromatic carbocycles. The summed E-state index contributed by atoms with van der Waals surface area (Å²) >= 11 is 0. The summed E-state index contributed by atoms with van der Waals surface area (Å²) in [4.78, 5) is 23.6. The second-order valence-corrected chi connectivity index (χ2v) is 6.09. The summed E-state index contributed by atoms with van der Waals surface area (Å²) in [6.45, 7) is 0. The number of nitrogens with zero attached hydrogens (tertiary/aromatic N) is 2. The Morgan fingerprint density at radius 2 is 1.59 bits per heavy atom. The summed E-state index contributed by atoms with van der Waals surface area (Å²) < 4.78 is 0. The minimum Gasteiger partial charge on any atom is -0.359 e. The van der Waals surface area contributed by atoms with Crippen LogP contribution in [0, 0.1) is 10.1 Å². The summed E-state index contributed by atoms with van der Waals surface area (Å²) in [7, 11) is 0. The number of carbonyl (C=O) groups is 1. The van der Waals surface area contributed by atoms with Gasteiger partial charge in [-0.15, -0.1) is 0 Å². The molecular formula is C20H16N4O3. The average Bonchev–Trinajstić information content (AvgIpc) is 2.71. The van der Waals surface area contributed by atoms with Gasteiger partial charge in [0.05, 0.1) is 16.2 Å². The Morgan fingerprint density at radius 1 is 0.926 bits per heavy atom. The van der Waals surface area contributed by atoms with Crippen LogP contribution >= 0.6 is 0 Å². The Bertz CT molecular complexity index is 990. The molecule has 27 heavy (non-hydrogen) atoms. The predicted octanol–water partition coefficient (Wildman–Crippen LogP) is 4.19. The molecule has 1 heterocycles. The maximum Gasteiger partial charge on any atom is 0.276 e. The van der Waals surface area contributed by atoms with Gasteiger partial charge in [0.25, 0.3) is 11.6 Å². The molecule has 0 saturated carbocycles. The van der Waals surface area contributed by atoms with E-state index in [2.05, 4.69) is 10.7 Å². The van der Waals surface area contributed by atoms with Crippen molar-refractivity contribution in [2.24, 2.45) is 0 Å². The van der Waals surface area contributed by atoms with Gasteiger partial charge in [0, 0.05) is 17.8 Å². The highest BCUT2D eigenvalue weighted by Gasteiger charge is 2.33. The second kappa shape index (κ2) is 6.80. The van der Waals surface area contributed by atoms with E-state index in [1.165, 1.54) is 17.1 Å². The lowest BCUT2D eigenvalue weighted by atomic mass is 10.0. The lowest BCUT2D eigenvalue weighted by Gasteiger charge is -2.38. The Labute approximate surface area is 155 Å². The van der Waals surface area contributed by atoms with Gasteiger partial charge in [0.15, 0.2) is 0 Å². The number of hydrazine groups is 1. The number of anilines is 2. The number of fused-ring (bicyclic) bond motifs is 1. The third-order valence-electron chi connectivity index (χ3n) is 4.37. The Morgan fingerprint density at radius 3 is 2.30 bits per heavy atom. The number of nitro groups is 1. The van der Waals surface area contributed by atoms with Gasteiger partial charge in [0.2, 0.25) is 0 Å². The van der Waals surface area contributed by atoms with Gasteiger partial charge in [-0.2, -0.15) is 0 Å². The minimum atomic E-state index is -0.520. The summed E-state index contributed by atoms with van der Waals surface area (Å²) in [5.41, 5.74) is 5.91. The van der Waals surface area contributed by atoms with Gasteiger partial charge in [-0.3, -0.25) is 20.3 Å². The molecule has 134 valence electrons. The monoisotopic (exact) mass is 360 g/mol. The Kier molecular flexibility index (Phi) is 4.18. The van der Waals surface area contributed by atoms with E-state index in [1.807, 2.05) is 48.5 Å². The molecule has 3 aromatic rings. The Hall–Kier alpha value is -3.87. The first-order chi connectivity index (χ1) is 13.1. The summed E-state index contributed by atoms with van der Waals surface area (Å²) in [5.74, 6) is -0.184. The SMILES string of the molecule is O=C1c2ccccc2NC(c2ccc([N+](=O)[O-])cc2)N1Nc1ccccc1. The van der Waals surface area contributed by atoms with Crippen molar-refractivity contribution in [3.8, 4) is 0 Å². The zero-order valence-electron chi connectivity index (χ0n) is 14.2. The highest BCUT2D eigenvalue weighted by atomic mass is 16.6. The van der Waals surface area contributed by atoms with Gasteiger partial charge in [-0.1, -0.05) is 30.3 Å². The molecular weight excluding hydrogens is 344 g/mol. The van der Waals surface area contributed by atoms with Gasteiger partial charge in [0.1, 0.15) is 6.17 Å². The number of nitrogens with one attached hydrogen (secondary N) is 2. The van der Waals surface area contributed by atoms with Gasteiger partial charge in [-0.25, -0.2) is 5.01 Å². The lowest BCUT2D eigenvalue weighted by Crippen LogP contribution is -2.46. The van der Waals surface area contributed by atoms with Crippen LogP contribution in [0.25, 0.3) is 0 Å². The van der Waals surface area contributed by atoms with Gasteiger partial charge < -0.3 is 5.32 Å². The molecule has 7 nitrogen and oxygen atoms in total. The zero-order valence-corrected chi connectivity index (χ0v) is 14.2. The lowest BCUT2D eigenvalue weighted by molar-refractivity contribution is -0.384. The largest absolute Gasteiger partial charge is 0.359 e. The van der Waals surface area contributed by atoms with E-state index in [9.17, 15) is 14.9 Å². The molecule has 0 fully saturated rings. The molecule has 1 atom stereocenters. The van der Waals surface area contributed by atoms with Crippen LogP contribution in [0.1, 0.15) is 22.1 Å². The van der Waals surface area contributed by atoms with E-state index in [-0.39, 0.29) is 11.6 Å². The first kappa shape index (κ1) is 16.6. The van der Waals surface area contributed by atoms with Gasteiger partial charge >= 0.3 is 0 Å². The molecule has 1 amide bonds. The van der Waals surface area contributed by atoms with Crippen LogP contribution in [0.5, 0.6) is 0 Å². The quantitative estimate of drug-likeness (QED) is 0.538. The van der Waals surface area contributed by atoms with Crippen LogP contribution in [0.3, 0.4) is 0 Å². The second-order valence-electron chi connectivity index (χ2n) is 6.09. The maximum atomic E-state index is 13.1. The van der Waals surface area contributed by atoms with Crippen molar-refractivity contribution in [2.45, 2.75) is 6.17 Å². The van der Waals surface area contributed by atoms with Crippen molar-refractivity contribution in [3.05, 3.63) is 100 Å². The molecule has 1 unspecified atom stereocenters. The van der Waals surface area contributed by atoms with Crippen molar-refractivity contribution in [3.63, 3.8) is 0 Å². The topological polar surface area (TPSA) is 87.5 Å². The molecule has 0 aromatic heterocycles. The zero-order chi connectivity index (χ0) is 18.8. The van der Waals surface area contributed by atoms with Crippen LogP contribution in [-0.4, -0.2) is 15.8 Å². The number of amides is 1. The van der Waals surface area contributed by atoms with E-state index in [0.717, 1.165) is 16.9 Å². The minimum absolute atomic E-state index is 0.00357. The van der Waals surface area contributed by atoms with Crippen LogP contribution in [-0.2, 0) is 0 Å². The molecule has 2 N–H and O–H groups in total. The van der Waals surface area contributed by atoms with Crippen molar-refractivity contribution in [1.82, 2.24) is 5.01 Å².